The predicted octanol–water partition coefficient (Wildman–Crippen LogP) is 2.00. The van der Waals surface area contributed by atoms with Crippen molar-refractivity contribution in [3.63, 3.8) is 0 Å². The van der Waals surface area contributed by atoms with Crippen LogP contribution in [0.5, 0.6) is 11.5 Å². The summed E-state index contributed by atoms with van der Waals surface area (Å²) in [6, 6.07) is 3.13. The Hall–Kier alpha value is -2.04. The highest BCUT2D eigenvalue weighted by atomic mass is 16.5. The summed E-state index contributed by atoms with van der Waals surface area (Å²) in [7, 11) is 2.96. The quantitative estimate of drug-likeness (QED) is 0.738. The van der Waals surface area contributed by atoms with E-state index in [4.69, 9.17) is 9.47 Å². The van der Waals surface area contributed by atoms with Crippen molar-refractivity contribution in [3.05, 3.63) is 23.3 Å². The van der Waals surface area contributed by atoms with E-state index in [1.165, 1.54) is 20.3 Å². The zero-order valence-corrected chi connectivity index (χ0v) is 11.7. The van der Waals surface area contributed by atoms with Crippen molar-refractivity contribution in [2.75, 3.05) is 27.3 Å². The summed E-state index contributed by atoms with van der Waals surface area (Å²) in [4.78, 5) is 25.2. The first kappa shape index (κ1) is 15.0. The Labute approximate surface area is 113 Å². The lowest BCUT2D eigenvalue weighted by Crippen LogP contribution is -2.31. The smallest absolute Gasteiger partial charge is 0.258 e. The van der Waals surface area contributed by atoms with E-state index in [0.29, 0.717) is 30.9 Å². The second kappa shape index (κ2) is 6.78. The zero-order valence-electron chi connectivity index (χ0n) is 11.7. The Bertz CT molecular complexity index is 467. The summed E-state index contributed by atoms with van der Waals surface area (Å²) >= 11 is 0. The zero-order chi connectivity index (χ0) is 14.4. The molecule has 0 fully saturated rings. The van der Waals surface area contributed by atoms with Crippen LogP contribution in [0.25, 0.3) is 0 Å². The topological polar surface area (TPSA) is 55.8 Å². The van der Waals surface area contributed by atoms with Gasteiger partial charge in [0.1, 0.15) is 11.5 Å². The van der Waals surface area contributed by atoms with Crippen molar-refractivity contribution >= 4 is 12.2 Å². The van der Waals surface area contributed by atoms with Crippen molar-refractivity contribution in [3.8, 4) is 11.5 Å². The van der Waals surface area contributed by atoms with E-state index >= 15 is 0 Å². The average molecular weight is 265 g/mol. The van der Waals surface area contributed by atoms with Gasteiger partial charge in [-0.1, -0.05) is 0 Å². The Morgan fingerprint density at radius 2 is 1.84 bits per heavy atom. The van der Waals surface area contributed by atoms with Gasteiger partial charge in [0.15, 0.2) is 6.29 Å². The molecule has 5 heteroatoms. The summed E-state index contributed by atoms with van der Waals surface area (Å²) in [5.74, 6) is 0.611. The van der Waals surface area contributed by atoms with E-state index < -0.39 is 0 Å². The minimum atomic E-state index is -0.216. The van der Waals surface area contributed by atoms with Gasteiger partial charge in [-0.3, -0.25) is 9.59 Å². The molecule has 1 rings (SSSR count). The summed E-state index contributed by atoms with van der Waals surface area (Å²) in [5, 5.41) is 0. The number of hydrogen-bond donors (Lipinski definition) is 0. The molecule has 0 aliphatic rings. The maximum absolute atomic E-state index is 12.4. The first-order valence-corrected chi connectivity index (χ1v) is 6.13. The first-order chi connectivity index (χ1) is 9.12. The average Bonchev–Trinajstić information content (AvgIpc) is 2.46. The van der Waals surface area contributed by atoms with E-state index in [9.17, 15) is 9.59 Å². The second-order valence-corrected chi connectivity index (χ2v) is 3.89. The van der Waals surface area contributed by atoms with Crippen molar-refractivity contribution in [2.45, 2.75) is 13.8 Å². The molecule has 0 N–H and O–H groups in total. The molecule has 0 unspecified atom stereocenters. The number of carbonyl (C=O) groups excluding carboxylic acids is 2. The molecule has 19 heavy (non-hydrogen) atoms. The molecule has 0 saturated heterocycles. The lowest BCUT2D eigenvalue weighted by Gasteiger charge is -2.21. The van der Waals surface area contributed by atoms with Crippen LogP contribution in [0.15, 0.2) is 12.1 Å². The van der Waals surface area contributed by atoms with Gasteiger partial charge in [-0.25, -0.2) is 0 Å². The van der Waals surface area contributed by atoms with Crippen LogP contribution in [-0.2, 0) is 0 Å². The van der Waals surface area contributed by atoms with Gasteiger partial charge in [0.05, 0.1) is 19.8 Å². The van der Waals surface area contributed by atoms with Gasteiger partial charge in [0.25, 0.3) is 5.91 Å². The predicted molar refractivity (Wildman–Crippen MR) is 72.2 cm³/mol. The molecule has 0 saturated carbocycles. The van der Waals surface area contributed by atoms with Gasteiger partial charge in [0.2, 0.25) is 0 Å². The molecule has 0 heterocycles. The van der Waals surface area contributed by atoms with E-state index in [2.05, 4.69) is 0 Å². The van der Waals surface area contributed by atoms with Gasteiger partial charge < -0.3 is 14.4 Å². The fraction of sp³-hybridized carbons (Fsp3) is 0.429. The van der Waals surface area contributed by atoms with Crippen LogP contribution >= 0.6 is 0 Å². The van der Waals surface area contributed by atoms with Gasteiger partial charge in [-0.2, -0.15) is 0 Å². The molecule has 0 bridgehead atoms. The molecule has 5 nitrogen and oxygen atoms in total. The molecular formula is C14H19NO4. The number of methoxy groups -OCH3 is 2. The minimum Gasteiger partial charge on any atom is -0.497 e. The fourth-order valence-corrected chi connectivity index (χ4v) is 1.88. The van der Waals surface area contributed by atoms with Crippen molar-refractivity contribution in [1.82, 2.24) is 4.90 Å². The van der Waals surface area contributed by atoms with Crippen LogP contribution in [0.1, 0.15) is 34.6 Å². The Morgan fingerprint density at radius 1 is 1.21 bits per heavy atom. The fourth-order valence-electron chi connectivity index (χ4n) is 1.88. The summed E-state index contributed by atoms with van der Waals surface area (Å²) in [5.41, 5.74) is 0.551. The van der Waals surface area contributed by atoms with Crippen LogP contribution in [-0.4, -0.2) is 44.4 Å². The van der Waals surface area contributed by atoms with Gasteiger partial charge >= 0.3 is 0 Å². The van der Waals surface area contributed by atoms with Crippen molar-refractivity contribution < 1.29 is 19.1 Å². The third kappa shape index (κ3) is 3.05. The second-order valence-electron chi connectivity index (χ2n) is 3.89. The van der Waals surface area contributed by atoms with Crippen LogP contribution in [0.2, 0.25) is 0 Å². The van der Waals surface area contributed by atoms with Crippen LogP contribution in [0, 0.1) is 0 Å². The highest BCUT2D eigenvalue weighted by Crippen LogP contribution is 2.29. The number of benzene rings is 1. The molecule has 1 amide bonds. The summed E-state index contributed by atoms with van der Waals surface area (Å²) in [6.45, 7) is 4.92. The first-order valence-electron chi connectivity index (χ1n) is 6.13. The van der Waals surface area contributed by atoms with Gasteiger partial charge in [-0.05, 0) is 19.9 Å². The lowest BCUT2D eigenvalue weighted by molar-refractivity contribution is 0.0766. The largest absolute Gasteiger partial charge is 0.497 e. The molecule has 0 aliphatic carbocycles. The lowest BCUT2D eigenvalue weighted by atomic mass is 10.0. The van der Waals surface area contributed by atoms with E-state index in [0.717, 1.165) is 0 Å². The Kier molecular flexibility index (Phi) is 5.36. The van der Waals surface area contributed by atoms with Crippen LogP contribution in [0.3, 0.4) is 0 Å². The highest BCUT2D eigenvalue weighted by Gasteiger charge is 2.22. The van der Waals surface area contributed by atoms with Crippen LogP contribution in [0.4, 0.5) is 0 Å². The molecule has 0 atom stereocenters. The molecule has 0 radical (unpaired) electrons. The monoisotopic (exact) mass is 265 g/mol. The molecule has 104 valence electrons. The molecule has 1 aromatic carbocycles. The number of ether oxygens (including phenoxy) is 2. The Balaban J connectivity index is 3.39. The van der Waals surface area contributed by atoms with Crippen molar-refractivity contribution in [1.29, 1.82) is 0 Å². The molecular weight excluding hydrogens is 246 g/mol. The Morgan fingerprint density at radius 3 is 2.26 bits per heavy atom. The van der Waals surface area contributed by atoms with E-state index in [-0.39, 0.29) is 17.0 Å². The van der Waals surface area contributed by atoms with E-state index in [1.807, 2.05) is 13.8 Å². The molecule has 0 spiro atoms. The number of carbonyl (C=O) groups is 2. The number of amides is 1. The molecule has 0 aromatic heterocycles. The summed E-state index contributed by atoms with van der Waals surface area (Å²) in [6.07, 6.45) is 0.641. The minimum absolute atomic E-state index is 0.216. The SMILES string of the molecule is CCN(CC)C(=O)c1c(C=O)cc(OC)cc1OC. The maximum atomic E-state index is 12.4. The normalized spacial score (nSPS) is 9.89. The summed E-state index contributed by atoms with van der Waals surface area (Å²) < 4.78 is 10.3. The third-order valence-electron chi connectivity index (χ3n) is 2.95. The van der Waals surface area contributed by atoms with E-state index in [1.54, 1.807) is 11.0 Å². The highest BCUT2D eigenvalue weighted by molar-refractivity contribution is 6.04. The van der Waals surface area contributed by atoms with Gasteiger partial charge in [-0.15, -0.1) is 0 Å². The number of aldehydes is 1. The standard InChI is InChI=1S/C14H19NO4/c1-5-15(6-2)14(17)13-10(9-16)7-11(18-3)8-12(13)19-4/h7-9H,5-6H2,1-4H3. The van der Waals surface area contributed by atoms with Gasteiger partial charge in [0, 0.05) is 24.7 Å². The van der Waals surface area contributed by atoms with Crippen molar-refractivity contribution in [2.24, 2.45) is 0 Å². The van der Waals surface area contributed by atoms with Crippen LogP contribution < -0.4 is 9.47 Å². The third-order valence-corrected chi connectivity index (χ3v) is 2.95. The molecule has 0 aliphatic heterocycles. The number of hydrogen-bond acceptors (Lipinski definition) is 4. The molecule has 1 aromatic rings. The number of nitrogens with zero attached hydrogens (tertiary/aromatic N) is 1. The maximum Gasteiger partial charge on any atom is 0.258 e. The number of rotatable bonds is 6.